The van der Waals surface area contributed by atoms with Gasteiger partial charge in [0.1, 0.15) is 0 Å². The van der Waals surface area contributed by atoms with Gasteiger partial charge in [0.2, 0.25) is 0 Å². The van der Waals surface area contributed by atoms with Gasteiger partial charge in [-0.3, -0.25) is 0 Å². The van der Waals surface area contributed by atoms with Crippen LogP contribution < -0.4 is 0 Å². The van der Waals surface area contributed by atoms with Gasteiger partial charge < -0.3 is 14.6 Å². The Morgan fingerprint density at radius 2 is 1.93 bits per heavy atom. The maximum Gasteiger partial charge on any atom is 0.333 e. The molecule has 0 heterocycles. The first-order chi connectivity index (χ1) is 6.80. The number of aliphatic carboxylic acids is 1. The summed E-state index contributed by atoms with van der Waals surface area (Å²) in [5.74, 6) is -0.923. The van der Waals surface area contributed by atoms with Gasteiger partial charge >= 0.3 is 5.97 Å². The monoisotopic (exact) mass is 218 g/mol. The van der Waals surface area contributed by atoms with Crippen LogP contribution in [0.4, 0.5) is 0 Å². The minimum Gasteiger partial charge on any atom is -0.479 e. The molecule has 1 unspecified atom stereocenters. The van der Waals surface area contributed by atoms with Crippen LogP contribution in [0, 0.1) is 5.92 Å². The Bertz CT molecular complexity index is 199. The SMILES string of the molecule is COC(C)(C)CCOC(C(=O)O)C(C)C. The first kappa shape index (κ1) is 14.4. The molecule has 0 aromatic carbocycles. The lowest BCUT2D eigenvalue weighted by molar-refractivity contribution is -0.154. The van der Waals surface area contributed by atoms with E-state index in [9.17, 15) is 4.79 Å². The van der Waals surface area contributed by atoms with Gasteiger partial charge in [0, 0.05) is 7.11 Å². The summed E-state index contributed by atoms with van der Waals surface area (Å²) >= 11 is 0. The van der Waals surface area contributed by atoms with Gasteiger partial charge in [-0.05, 0) is 26.2 Å². The topological polar surface area (TPSA) is 55.8 Å². The minimum absolute atomic E-state index is 0.0202. The second-order valence-electron chi connectivity index (χ2n) is 4.59. The molecule has 0 aliphatic heterocycles. The van der Waals surface area contributed by atoms with Crippen molar-refractivity contribution in [1.82, 2.24) is 0 Å². The van der Waals surface area contributed by atoms with Crippen LogP contribution >= 0.6 is 0 Å². The molecule has 0 aromatic rings. The summed E-state index contributed by atoms with van der Waals surface area (Å²) in [6, 6.07) is 0. The van der Waals surface area contributed by atoms with Gasteiger partial charge in [-0.2, -0.15) is 0 Å². The first-order valence-corrected chi connectivity index (χ1v) is 5.19. The Morgan fingerprint density at radius 1 is 1.40 bits per heavy atom. The highest BCUT2D eigenvalue weighted by molar-refractivity contribution is 5.72. The molecular weight excluding hydrogens is 196 g/mol. The van der Waals surface area contributed by atoms with E-state index in [0.29, 0.717) is 13.0 Å². The Balaban J connectivity index is 3.97. The second-order valence-corrected chi connectivity index (χ2v) is 4.59. The molecule has 4 heteroatoms. The van der Waals surface area contributed by atoms with E-state index in [2.05, 4.69) is 0 Å². The van der Waals surface area contributed by atoms with E-state index in [1.165, 1.54) is 0 Å². The number of ether oxygens (including phenoxy) is 2. The molecule has 0 fully saturated rings. The largest absolute Gasteiger partial charge is 0.479 e. The number of carbonyl (C=O) groups is 1. The number of carboxylic acids is 1. The van der Waals surface area contributed by atoms with E-state index >= 15 is 0 Å². The van der Waals surface area contributed by atoms with Gasteiger partial charge in [0.15, 0.2) is 6.10 Å². The van der Waals surface area contributed by atoms with Crippen LogP contribution in [-0.4, -0.2) is 36.5 Å². The molecule has 0 amide bonds. The molecule has 0 aliphatic rings. The van der Waals surface area contributed by atoms with Crippen molar-refractivity contribution in [2.45, 2.75) is 45.8 Å². The molecule has 0 saturated carbocycles. The van der Waals surface area contributed by atoms with Gasteiger partial charge in [0.25, 0.3) is 0 Å². The summed E-state index contributed by atoms with van der Waals surface area (Å²) in [5.41, 5.74) is -0.264. The van der Waals surface area contributed by atoms with Crippen molar-refractivity contribution in [1.29, 1.82) is 0 Å². The van der Waals surface area contributed by atoms with Crippen molar-refractivity contribution >= 4 is 5.97 Å². The highest BCUT2D eigenvalue weighted by Gasteiger charge is 2.23. The molecule has 1 atom stereocenters. The fraction of sp³-hybridized carbons (Fsp3) is 0.909. The molecule has 0 radical (unpaired) electrons. The van der Waals surface area contributed by atoms with E-state index in [1.54, 1.807) is 7.11 Å². The number of hydrogen-bond donors (Lipinski definition) is 1. The van der Waals surface area contributed by atoms with Gasteiger partial charge in [-0.1, -0.05) is 13.8 Å². The lowest BCUT2D eigenvalue weighted by atomic mass is 10.1. The third-order valence-electron chi connectivity index (χ3n) is 2.40. The van der Waals surface area contributed by atoms with Crippen molar-refractivity contribution < 1.29 is 19.4 Å². The van der Waals surface area contributed by atoms with Gasteiger partial charge in [-0.15, -0.1) is 0 Å². The highest BCUT2D eigenvalue weighted by atomic mass is 16.5. The summed E-state index contributed by atoms with van der Waals surface area (Å²) < 4.78 is 10.5. The standard InChI is InChI=1S/C11H22O4/c1-8(2)9(10(12)13)15-7-6-11(3,4)14-5/h8-9H,6-7H2,1-5H3,(H,12,13). The Labute approximate surface area is 91.6 Å². The summed E-state index contributed by atoms with van der Waals surface area (Å²) in [5, 5.41) is 8.87. The molecule has 0 aliphatic carbocycles. The molecule has 1 N–H and O–H groups in total. The third kappa shape index (κ3) is 5.74. The maximum absolute atomic E-state index is 10.8. The summed E-state index contributed by atoms with van der Waals surface area (Å²) in [4.78, 5) is 10.8. The molecule has 0 bridgehead atoms. The zero-order chi connectivity index (χ0) is 12.1. The molecule has 0 rings (SSSR count). The average molecular weight is 218 g/mol. The Morgan fingerprint density at radius 3 is 2.27 bits per heavy atom. The zero-order valence-corrected chi connectivity index (χ0v) is 10.2. The minimum atomic E-state index is -0.903. The van der Waals surface area contributed by atoms with Crippen LogP contribution in [0.5, 0.6) is 0 Å². The predicted molar refractivity (Wildman–Crippen MR) is 57.9 cm³/mol. The second kappa shape index (κ2) is 6.08. The van der Waals surface area contributed by atoms with Crippen LogP contribution in [-0.2, 0) is 14.3 Å². The maximum atomic E-state index is 10.8. The molecule has 0 spiro atoms. The van der Waals surface area contributed by atoms with E-state index in [-0.39, 0.29) is 11.5 Å². The van der Waals surface area contributed by atoms with Crippen molar-refractivity contribution in [3.8, 4) is 0 Å². The lowest BCUT2D eigenvalue weighted by Crippen LogP contribution is -2.32. The van der Waals surface area contributed by atoms with Crippen LogP contribution in [0.1, 0.15) is 34.1 Å². The normalized spacial score (nSPS) is 14.3. The average Bonchev–Trinajstić information content (AvgIpc) is 2.11. The van der Waals surface area contributed by atoms with Crippen LogP contribution in [0.15, 0.2) is 0 Å². The highest BCUT2D eigenvalue weighted by Crippen LogP contribution is 2.15. The van der Waals surface area contributed by atoms with E-state index < -0.39 is 12.1 Å². The quantitative estimate of drug-likeness (QED) is 0.709. The van der Waals surface area contributed by atoms with Crippen molar-refractivity contribution in [2.24, 2.45) is 5.92 Å². The smallest absolute Gasteiger partial charge is 0.333 e. The van der Waals surface area contributed by atoms with E-state index in [1.807, 2.05) is 27.7 Å². The number of carboxylic acid groups (broad SMARTS) is 1. The third-order valence-corrected chi connectivity index (χ3v) is 2.40. The molecular formula is C11H22O4. The molecule has 4 nitrogen and oxygen atoms in total. The van der Waals surface area contributed by atoms with E-state index in [4.69, 9.17) is 14.6 Å². The Hall–Kier alpha value is -0.610. The fourth-order valence-electron chi connectivity index (χ4n) is 1.08. The first-order valence-electron chi connectivity index (χ1n) is 5.19. The molecule has 15 heavy (non-hydrogen) atoms. The summed E-state index contributed by atoms with van der Waals surface area (Å²) in [6.07, 6.45) is -0.0438. The van der Waals surface area contributed by atoms with Gasteiger partial charge in [-0.25, -0.2) is 4.79 Å². The zero-order valence-electron chi connectivity index (χ0n) is 10.2. The summed E-state index contributed by atoms with van der Waals surface area (Å²) in [7, 11) is 1.64. The predicted octanol–water partition coefficient (Wildman–Crippen LogP) is 1.93. The molecule has 90 valence electrons. The van der Waals surface area contributed by atoms with Crippen molar-refractivity contribution in [2.75, 3.05) is 13.7 Å². The lowest BCUT2D eigenvalue weighted by Gasteiger charge is -2.24. The van der Waals surface area contributed by atoms with Crippen molar-refractivity contribution in [3.05, 3.63) is 0 Å². The number of rotatable bonds is 7. The molecule has 0 saturated heterocycles. The van der Waals surface area contributed by atoms with Crippen molar-refractivity contribution in [3.63, 3.8) is 0 Å². The fourth-order valence-corrected chi connectivity index (χ4v) is 1.08. The van der Waals surface area contributed by atoms with E-state index in [0.717, 1.165) is 0 Å². The van der Waals surface area contributed by atoms with Crippen LogP contribution in [0.3, 0.4) is 0 Å². The van der Waals surface area contributed by atoms with Gasteiger partial charge in [0.05, 0.1) is 12.2 Å². The summed E-state index contributed by atoms with van der Waals surface area (Å²) in [6.45, 7) is 7.96. The molecule has 0 aromatic heterocycles. The number of hydrogen-bond acceptors (Lipinski definition) is 3. The Kier molecular flexibility index (Phi) is 5.83. The number of methoxy groups -OCH3 is 1. The van der Waals surface area contributed by atoms with Crippen LogP contribution in [0.2, 0.25) is 0 Å². The van der Waals surface area contributed by atoms with Crippen LogP contribution in [0.25, 0.3) is 0 Å².